The molecule has 1 aliphatic rings. The van der Waals surface area contributed by atoms with Crippen molar-refractivity contribution in [2.45, 2.75) is 43.5 Å². The number of nitrogens with one attached hydrogen (secondary N) is 1. The van der Waals surface area contributed by atoms with Gasteiger partial charge in [0.15, 0.2) is 0 Å². The molecule has 1 aromatic rings. The molecule has 0 aliphatic heterocycles. The molecule has 0 aromatic heterocycles. The Morgan fingerprint density at radius 1 is 1.37 bits per heavy atom. The fraction of sp³-hybridized carbons (Fsp3) is 0.500. The van der Waals surface area contributed by atoms with E-state index in [-0.39, 0.29) is 10.9 Å². The van der Waals surface area contributed by atoms with Crippen molar-refractivity contribution in [3.8, 4) is 6.07 Å². The summed E-state index contributed by atoms with van der Waals surface area (Å²) in [6.45, 7) is 1.92. The SMILES string of the molecule is CC(NS(=O)(=O)c1ccc(CC#N)cc1)C1CCC1. The Morgan fingerprint density at radius 2 is 2.00 bits per heavy atom. The summed E-state index contributed by atoms with van der Waals surface area (Å²) in [6, 6.07) is 8.51. The lowest BCUT2D eigenvalue weighted by atomic mass is 9.81. The smallest absolute Gasteiger partial charge is 0.208 e. The van der Waals surface area contributed by atoms with Gasteiger partial charge < -0.3 is 0 Å². The first-order valence-electron chi connectivity index (χ1n) is 6.51. The van der Waals surface area contributed by atoms with E-state index in [1.165, 1.54) is 6.42 Å². The fourth-order valence-corrected chi connectivity index (χ4v) is 3.54. The Labute approximate surface area is 114 Å². The van der Waals surface area contributed by atoms with Crippen LogP contribution in [0.15, 0.2) is 29.2 Å². The van der Waals surface area contributed by atoms with E-state index in [0.717, 1.165) is 18.4 Å². The highest BCUT2D eigenvalue weighted by Crippen LogP contribution is 2.30. The van der Waals surface area contributed by atoms with Crippen molar-refractivity contribution in [3.05, 3.63) is 29.8 Å². The molecule has 0 radical (unpaired) electrons. The standard InChI is InChI=1S/C14H18N2O2S/c1-11(13-3-2-4-13)16-19(17,18)14-7-5-12(6-8-14)9-10-15/h5-8,11,13,16H,2-4,9H2,1H3. The van der Waals surface area contributed by atoms with Gasteiger partial charge in [0.1, 0.15) is 0 Å². The van der Waals surface area contributed by atoms with Crippen molar-refractivity contribution < 1.29 is 8.42 Å². The number of rotatable bonds is 5. The Kier molecular flexibility index (Phi) is 4.23. The zero-order valence-electron chi connectivity index (χ0n) is 11.0. The number of nitriles is 1. The van der Waals surface area contributed by atoms with Crippen molar-refractivity contribution in [1.82, 2.24) is 4.72 Å². The van der Waals surface area contributed by atoms with Gasteiger partial charge in [-0.15, -0.1) is 0 Å². The van der Waals surface area contributed by atoms with Gasteiger partial charge in [-0.25, -0.2) is 13.1 Å². The number of nitrogens with zero attached hydrogens (tertiary/aromatic N) is 1. The van der Waals surface area contributed by atoms with Crippen LogP contribution in [0, 0.1) is 17.2 Å². The number of hydrogen-bond acceptors (Lipinski definition) is 3. The molecule has 1 aromatic carbocycles. The van der Waals surface area contributed by atoms with Crippen molar-refractivity contribution in [2.75, 3.05) is 0 Å². The molecule has 0 bridgehead atoms. The third kappa shape index (κ3) is 3.34. The van der Waals surface area contributed by atoms with Crippen molar-refractivity contribution in [1.29, 1.82) is 5.26 Å². The molecule has 1 N–H and O–H groups in total. The van der Waals surface area contributed by atoms with Crippen LogP contribution in [0.4, 0.5) is 0 Å². The predicted octanol–water partition coefficient (Wildman–Crippen LogP) is 2.22. The molecule has 0 saturated heterocycles. The van der Waals surface area contributed by atoms with Crippen molar-refractivity contribution in [2.24, 2.45) is 5.92 Å². The van der Waals surface area contributed by atoms with Crippen LogP contribution in [0.5, 0.6) is 0 Å². The zero-order valence-corrected chi connectivity index (χ0v) is 11.8. The number of benzene rings is 1. The first kappa shape index (κ1) is 14.0. The molecule has 1 unspecified atom stereocenters. The normalized spacial score (nSPS) is 17.5. The highest BCUT2D eigenvalue weighted by Gasteiger charge is 2.27. The van der Waals surface area contributed by atoms with Gasteiger partial charge in [-0.3, -0.25) is 0 Å². The van der Waals surface area contributed by atoms with E-state index in [1.807, 2.05) is 13.0 Å². The fourth-order valence-electron chi connectivity index (χ4n) is 2.23. The van der Waals surface area contributed by atoms with Gasteiger partial charge in [-0.05, 0) is 43.4 Å². The molecule has 5 heteroatoms. The van der Waals surface area contributed by atoms with E-state index >= 15 is 0 Å². The maximum atomic E-state index is 12.2. The second-order valence-corrected chi connectivity index (χ2v) is 6.79. The second kappa shape index (κ2) is 5.72. The summed E-state index contributed by atoms with van der Waals surface area (Å²) < 4.78 is 27.1. The van der Waals surface area contributed by atoms with Gasteiger partial charge >= 0.3 is 0 Å². The number of sulfonamides is 1. The number of hydrogen-bond donors (Lipinski definition) is 1. The molecular weight excluding hydrogens is 260 g/mol. The Hall–Kier alpha value is -1.38. The molecule has 2 rings (SSSR count). The van der Waals surface area contributed by atoms with Crippen LogP contribution in [0.1, 0.15) is 31.7 Å². The first-order chi connectivity index (χ1) is 9.03. The van der Waals surface area contributed by atoms with Gasteiger partial charge in [0, 0.05) is 6.04 Å². The van der Waals surface area contributed by atoms with E-state index in [9.17, 15) is 8.42 Å². The average molecular weight is 278 g/mol. The maximum Gasteiger partial charge on any atom is 0.240 e. The second-order valence-electron chi connectivity index (χ2n) is 5.08. The largest absolute Gasteiger partial charge is 0.240 e. The van der Waals surface area contributed by atoms with Gasteiger partial charge in [0.2, 0.25) is 10.0 Å². The summed E-state index contributed by atoms with van der Waals surface area (Å²) in [6.07, 6.45) is 3.70. The molecule has 0 amide bonds. The zero-order chi connectivity index (χ0) is 13.9. The molecule has 0 heterocycles. The van der Waals surface area contributed by atoms with E-state index in [2.05, 4.69) is 4.72 Å². The van der Waals surface area contributed by atoms with Gasteiger partial charge in [-0.1, -0.05) is 18.6 Å². The molecular formula is C14H18N2O2S. The monoisotopic (exact) mass is 278 g/mol. The lowest BCUT2D eigenvalue weighted by molar-refractivity contribution is 0.260. The lowest BCUT2D eigenvalue weighted by Crippen LogP contribution is -2.40. The topological polar surface area (TPSA) is 70.0 Å². The third-order valence-corrected chi connectivity index (χ3v) is 5.29. The molecule has 1 aliphatic carbocycles. The van der Waals surface area contributed by atoms with Crippen LogP contribution in [0.2, 0.25) is 0 Å². The van der Waals surface area contributed by atoms with Crippen LogP contribution >= 0.6 is 0 Å². The van der Waals surface area contributed by atoms with Crippen LogP contribution < -0.4 is 4.72 Å². The van der Waals surface area contributed by atoms with Crippen molar-refractivity contribution >= 4 is 10.0 Å². The van der Waals surface area contributed by atoms with Gasteiger partial charge in [0.05, 0.1) is 17.4 Å². The van der Waals surface area contributed by atoms with Crippen molar-refractivity contribution in [3.63, 3.8) is 0 Å². The predicted molar refractivity (Wildman–Crippen MR) is 72.9 cm³/mol. The molecule has 0 spiro atoms. The maximum absolute atomic E-state index is 12.2. The van der Waals surface area contributed by atoms with E-state index in [4.69, 9.17) is 5.26 Å². The summed E-state index contributed by atoms with van der Waals surface area (Å²) in [5.74, 6) is 0.465. The molecule has 1 saturated carbocycles. The Bertz CT molecular complexity index is 568. The lowest BCUT2D eigenvalue weighted by Gasteiger charge is -2.31. The Balaban J connectivity index is 2.08. The minimum Gasteiger partial charge on any atom is -0.208 e. The minimum atomic E-state index is -3.45. The summed E-state index contributed by atoms with van der Waals surface area (Å²) in [5, 5.41) is 8.58. The van der Waals surface area contributed by atoms with E-state index in [0.29, 0.717) is 12.3 Å². The van der Waals surface area contributed by atoms with E-state index in [1.54, 1.807) is 24.3 Å². The molecule has 4 nitrogen and oxygen atoms in total. The molecule has 19 heavy (non-hydrogen) atoms. The minimum absolute atomic E-state index is 0.0162. The van der Waals surface area contributed by atoms with Crippen LogP contribution in [-0.2, 0) is 16.4 Å². The molecule has 1 fully saturated rings. The highest BCUT2D eigenvalue weighted by atomic mass is 32.2. The molecule has 1 atom stereocenters. The van der Waals surface area contributed by atoms with Crippen LogP contribution in [0.25, 0.3) is 0 Å². The quantitative estimate of drug-likeness (QED) is 0.897. The summed E-state index contributed by atoms with van der Waals surface area (Å²) in [5.41, 5.74) is 0.827. The van der Waals surface area contributed by atoms with Gasteiger partial charge in [-0.2, -0.15) is 5.26 Å². The average Bonchev–Trinajstić information content (AvgIpc) is 2.27. The Morgan fingerprint density at radius 3 is 2.47 bits per heavy atom. The first-order valence-corrected chi connectivity index (χ1v) is 7.99. The third-order valence-electron chi connectivity index (χ3n) is 3.71. The summed E-state index contributed by atoms with van der Waals surface area (Å²) in [7, 11) is -3.45. The van der Waals surface area contributed by atoms with Gasteiger partial charge in [0.25, 0.3) is 0 Å². The van der Waals surface area contributed by atoms with Crippen LogP contribution in [0.3, 0.4) is 0 Å². The molecule has 102 valence electrons. The summed E-state index contributed by atoms with van der Waals surface area (Å²) >= 11 is 0. The van der Waals surface area contributed by atoms with Crippen LogP contribution in [-0.4, -0.2) is 14.5 Å². The summed E-state index contributed by atoms with van der Waals surface area (Å²) in [4.78, 5) is 0.264. The highest BCUT2D eigenvalue weighted by molar-refractivity contribution is 7.89. The van der Waals surface area contributed by atoms with E-state index < -0.39 is 10.0 Å².